The second-order valence-corrected chi connectivity index (χ2v) is 6.24. The molecule has 2 rings (SSSR count). The van der Waals surface area contributed by atoms with Crippen LogP contribution < -0.4 is 10.1 Å². The first-order valence-corrected chi connectivity index (χ1v) is 7.35. The Hall–Kier alpha value is -1.35. The van der Waals surface area contributed by atoms with Gasteiger partial charge in [-0.2, -0.15) is 0 Å². The fraction of sp³-hybridized carbons (Fsp3) is 0.588. The maximum atomic E-state index is 5.49. The van der Waals surface area contributed by atoms with Gasteiger partial charge in [0.1, 0.15) is 5.75 Å². The van der Waals surface area contributed by atoms with Gasteiger partial charge in [0.05, 0.1) is 7.11 Å². The maximum absolute atomic E-state index is 5.49. The van der Waals surface area contributed by atoms with Crippen LogP contribution in [0.2, 0.25) is 0 Å². The standard InChI is InChI=1S/C17H26N2O/c1-6-17(4,11-19-14-7-8-14)9-15-13(3)16(20-5)12(2)10-18-15/h6,10,14,19H,1,7-9,11H2,2-5H3. The summed E-state index contributed by atoms with van der Waals surface area (Å²) in [7, 11) is 1.72. The highest BCUT2D eigenvalue weighted by Gasteiger charge is 2.28. The number of hydrogen-bond acceptors (Lipinski definition) is 3. The minimum Gasteiger partial charge on any atom is -0.496 e. The number of hydrogen-bond donors (Lipinski definition) is 1. The first-order valence-electron chi connectivity index (χ1n) is 7.35. The van der Waals surface area contributed by atoms with Gasteiger partial charge in [-0.3, -0.25) is 4.98 Å². The highest BCUT2D eigenvalue weighted by Crippen LogP contribution is 2.30. The van der Waals surface area contributed by atoms with E-state index in [-0.39, 0.29) is 5.41 Å². The average Bonchev–Trinajstić information content (AvgIpc) is 3.25. The number of rotatable bonds is 7. The van der Waals surface area contributed by atoms with Crippen molar-refractivity contribution in [3.63, 3.8) is 0 Å². The molecule has 110 valence electrons. The molecule has 1 saturated carbocycles. The molecule has 1 fully saturated rings. The van der Waals surface area contributed by atoms with E-state index < -0.39 is 0 Å². The maximum Gasteiger partial charge on any atom is 0.128 e. The molecule has 0 amide bonds. The lowest BCUT2D eigenvalue weighted by atomic mass is 9.84. The summed E-state index contributed by atoms with van der Waals surface area (Å²) < 4.78 is 5.49. The molecule has 3 nitrogen and oxygen atoms in total. The molecule has 1 unspecified atom stereocenters. The Morgan fingerprint density at radius 2 is 2.20 bits per heavy atom. The summed E-state index contributed by atoms with van der Waals surface area (Å²) in [4.78, 5) is 4.61. The van der Waals surface area contributed by atoms with Crippen molar-refractivity contribution in [2.45, 2.75) is 46.1 Å². The summed E-state index contributed by atoms with van der Waals surface area (Å²) in [6, 6.07) is 0.718. The van der Waals surface area contributed by atoms with E-state index in [1.54, 1.807) is 7.11 Å². The van der Waals surface area contributed by atoms with Gasteiger partial charge >= 0.3 is 0 Å². The first-order chi connectivity index (χ1) is 9.49. The van der Waals surface area contributed by atoms with Crippen LogP contribution in [0.4, 0.5) is 0 Å². The Morgan fingerprint density at radius 1 is 1.50 bits per heavy atom. The second kappa shape index (κ2) is 5.96. The highest BCUT2D eigenvalue weighted by atomic mass is 16.5. The Kier molecular flexibility index (Phi) is 4.48. The molecule has 3 heteroatoms. The molecule has 20 heavy (non-hydrogen) atoms. The zero-order valence-electron chi connectivity index (χ0n) is 13.1. The third kappa shape index (κ3) is 3.40. The van der Waals surface area contributed by atoms with Crippen LogP contribution in [0.25, 0.3) is 0 Å². The summed E-state index contributed by atoms with van der Waals surface area (Å²) >= 11 is 0. The summed E-state index contributed by atoms with van der Waals surface area (Å²) in [5.41, 5.74) is 3.37. The van der Waals surface area contributed by atoms with Crippen LogP contribution in [0.3, 0.4) is 0 Å². The highest BCUT2D eigenvalue weighted by molar-refractivity contribution is 5.41. The molecule has 1 aromatic heterocycles. The molecule has 0 aromatic carbocycles. The molecule has 1 N–H and O–H groups in total. The Morgan fingerprint density at radius 3 is 2.75 bits per heavy atom. The lowest BCUT2D eigenvalue weighted by Gasteiger charge is -2.27. The molecule has 0 aliphatic heterocycles. The van der Waals surface area contributed by atoms with Crippen LogP contribution in [0, 0.1) is 19.3 Å². The summed E-state index contributed by atoms with van der Waals surface area (Å²) in [6.45, 7) is 11.3. The van der Waals surface area contributed by atoms with Gasteiger partial charge in [0.15, 0.2) is 0 Å². The molecule has 0 saturated heterocycles. The zero-order valence-corrected chi connectivity index (χ0v) is 13.1. The number of nitrogens with one attached hydrogen (secondary N) is 1. The zero-order chi connectivity index (χ0) is 14.8. The van der Waals surface area contributed by atoms with Crippen molar-refractivity contribution < 1.29 is 4.74 Å². The monoisotopic (exact) mass is 274 g/mol. The van der Waals surface area contributed by atoms with E-state index in [1.165, 1.54) is 12.8 Å². The quantitative estimate of drug-likeness (QED) is 0.775. The van der Waals surface area contributed by atoms with Crippen molar-refractivity contribution in [2.24, 2.45) is 5.41 Å². The molecule has 0 radical (unpaired) electrons. The van der Waals surface area contributed by atoms with E-state index in [1.807, 2.05) is 13.1 Å². The topological polar surface area (TPSA) is 34.2 Å². The summed E-state index contributed by atoms with van der Waals surface area (Å²) in [5, 5.41) is 3.60. The van der Waals surface area contributed by atoms with E-state index >= 15 is 0 Å². The second-order valence-electron chi connectivity index (χ2n) is 6.24. The van der Waals surface area contributed by atoms with Crippen LogP contribution in [-0.2, 0) is 6.42 Å². The average molecular weight is 274 g/mol. The third-order valence-electron chi connectivity index (χ3n) is 4.19. The van der Waals surface area contributed by atoms with Gasteiger partial charge in [0.25, 0.3) is 0 Å². The molecular formula is C17H26N2O. The number of nitrogens with zero attached hydrogens (tertiary/aromatic N) is 1. The smallest absolute Gasteiger partial charge is 0.128 e. The largest absolute Gasteiger partial charge is 0.496 e. The van der Waals surface area contributed by atoms with Crippen LogP contribution in [0.1, 0.15) is 36.6 Å². The number of ether oxygens (including phenoxy) is 1. The minimum atomic E-state index is 0.0284. The van der Waals surface area contributed by atoms with Crippen LogP contribution in [0.5, 0.6) is 5.75 Å². The summed E-state index contributed by atoms with van der Waals surface area (Å²) in [5.74, 6) is 0.955. The predicted octanol–water partition coefficient (Wildman–Crippen LogP) is 3.19. The number of aromatic nitrogens is 1. The number of pyridine rings is 1. The Balaban J connectivity index is 2.15. The van der Waals surface area contributed by atoms with Crippen molar-refractivity contribution in [3.05, 3.63) is 35.7 Å². The van der Waals surface area contributed by atoms with Crippen molar-refractivity contribution >= 4 is 0 Å². The van der Waals surface area contributed by atoms with Gasteiger partial charge in [-0.05, 0) is 26.7 Å². The van der Waals surface area contributed by atoms with Crippen molar-refractivity contribution in [3.8, 4) is 5.75 Å². The molecular weight excluding hydrogens is 248 g/mol. The SMILES string of the molecule is C=CC(C)(CNC1CC1)Cc1ncc(C)c(OC)c1C. The van der Waals surface area contributed by atoms with Crippen molar-refractivity contribution in [2.75, 3.05) is 13.7 Å². The summed E-state index contributed by atoms with van der Waals surface area (Å²) in [6.07, 6.45) is 7.46. The predicted molar refractivity (Wildman–Crippen MR) is 83.3 cm³/mol. The van der Waals surface area contributed by atoms with Gasteiger partial charge in [-0.1, -0.05) is 13.0 Å². The van der Waals surface area contributed by atoms with E-state index in [0.29, 0.717) is 0 Å². The van der Waals surface area contributed by atoms with E-state index in [9.17, 15) is 0 Å². The van der Waals surface area contributed by atoms with Crippen molar-refractivity contribution in [1.82, 2.24) is 10.3 Å². The molecule has 0 bridgehead atoms. The van der Waals surface area contributed by atoms with Gasteiger partial charge in [0, 0.05) is 47.4 Å². The molecule has 1 aliphatic carbocycles. The fourth-order valence-corrected chi connectivity index (χ4v) is 2.50. The Bertz CT molecular complexity index is 494. The van der Waals surface area contributed by atoms with Gasteiger partial charge < -0.3 is 10.1 Å². The lowest BCUT2D eigenvalue weighted by Crippen LogP contribution is -2.33. The van der Waals surface area contributed by atoms with Crippen LogP contribution in [0.15, 0.2) is 18.9 Å². The lowest BCUT2D eigenvalue weighted by molar-refractivity contribution is 0.379. The molecule has 0 spiro atoms. The van der Waals surface area contributed by atoms with Crippen LogP contribution in [-0.4, -0.2) is 24.7 Å². The normalized spacial score (nSPS) is 17.6. The van der Waals surface area contributed by atoms with Gasteiger partial charge in [-0.15, -0.1) is 6.58 Å². The van der Waals surface area contributed by atoms with Crippen LogP contribution >= 0.6 is 0 Å². The van der Waals surface area contributed by atoms with Gasteiger partial charge in [-0.25, -0.2) is 0 Å². The number of methoxy groups -OCH3 is 1. The fourth-order valence-electron chi connectivity index (χ4n) is 2.50. The van der Waals surface area contributed by atoms with E-state index in [0.717, 1.165) is 41.6 Å². The van der Waals surface area contributed by atoms with Gasteiger partial charge in [0.2, 0.25) is 0 Å². The molecule has 1 atom stereocenters. The van der Waals surface area contributed by atoms with E-state index in [2.05, 4.69) is 36.8 Å². The number of aryl methyl sites for hydroxylation is 1. The molecule has 1 heterocycles. The van der Waals surface area contributed by atoms with Crippen molar-refractivity contribution in [1.29, 1.82) is 0 Å². The Labute approximate surface area is 122 Å². The minimum absolute atomic E-state index is 0.0284. The molecule has 1 aliphatic rings. The van der Waals surface area contributed by atoms with E-state index in [4.69, 9.17) is 4.74 Å². The first kappa shape index (κ1) is 15.0. The molecule has 1 aromatic rings. The third-order valence-corrected chi connectivity index (χ3v) is 4.19.